The number of hydrogen-bond acceptors (Lipinski definition) is 6. The zero-order chi connectivity index (χ0) is 24.9. The Morgan fingerprint density at radius 2 is 1.62 bits per heavy atom. The standard InChI is InChI=1S/C27H24O7/c1-27(2,3)34-25(30)15-6-17-4-7-18(8-5-17)22(28)13-10-20-11-14-24(33-20)19-9-12-23(29)21(16-19)26(31)32/h4-16,29H,1-3H3,(H,31,32)/b13-10+,15-6+. The average molecular weight is 460 g/mol. The molecule has 7 nitrogen and oxygen atoms in total. The summed E-state index contributed by atoms with van der Waals surface area (Å²) in [6, 6.07) is 14.2. The summed E-state index contributed by atoms with van der Waals surface area (Å²) < 4.78 is 10.9. The van der Waals surface area contributed by atoms with Gasteiger partial charge in [-0.15, -0.1) is 0 Å². The van der Waals surface area contributed by atoms with Crippen LogP contribution in [0.2, 0.25) is 0 Å². The maximum atomic E-state index is 12.5. The second-order valence-corrected chi connectivity index (χ2v) is 8.43. The van der Waals surface area contributed by atoms with Crippen molar-refractivity contribution in [3.63, 3.8) is 0 Å². The van der Waals surface area contributed by atoms with Gasteiger partial charge in [0.25, 0.3) is 0 Å². The Labute approximate surface area is 196 Å². The van der Waals surface area contributed by atoms with E-state index in [1.54, 1.807) is 63.2 Å². The van der Waals surface area contributed by atoms with E-state index in [2.05, 4.69) is 0 Å². The molecule has 0 saturated carbocycles. The Balaban J connectivity index is 1.65. The fourth-order valence-electron chi connectivity index (χ4n) is 2.97. The van der Waals surface area contributed by atoms with Gasteiger partial charge in [-0.05, 0) is 74.9 Å². The first-order chi connectivity index (χ1) is 16.0. The topological polar surface area (TPSA) is 114 Å². The maximum Gasteiger partial charge on any atom is 0.339 e. The number of carboxylic acids is 1. The number of esters is 1. The Kier molecular flexibility index (Phi) is 7.16. The predicted molar refractivity (Wildman–Crippen MR) is 127 cm³/mol. The Hall–Kier alpha value is -4.39. The first kappa shape index (κ1) is 24.3. The smallest absolute Gasteiger partial charge is 0.339 e. The molecule has 1 heterocycles. The lowest BCUT2D eigenvalue weighted by Gasteiger charge is -2.17. The van der Waals surface area contributed by atoms with E-state index in [1.165, 1.54) is 36.4 Å². The van der Waals surface area contributed by atoms with Crippen LogP contribution in [0.25, 0.3) is 23.5 Å². The van der Waals surface area contributed by atoms with Crippen LogP contribution in [-0.4, -0.2) is 33.5 Å². The van der Waals surface area contributed by atoms with Crippen molar-refractivity contribution in [1.82, 2.24) is 0 Å². The highest BCUT2D eigenvalue weighted by Gasteiger charge is 2.14. The highest BCUT2D eigenvalue weighted by atomic mass is 16.6. The van der Waals surface area contributed by atoms with Crippen molar-refractivity contribution >= 4 is 29.9 Å². The van der Waals surface area contributed by atoms with Crippen molar-refractivity contribution in [3.8, 4) is 17.1 Å². The summed E-state index contributed by atoms with van der Waals surface area (Å²) in [4.78, 5) is 35.4. The highest BCUT2D eigenvalue weighted by Crippen LogP contribution is 2.28. The molecule has 174 valence electrons. The number of carbonyl (C=O) groups is 3. The molecule has 0 aliphatic carbocycles. The number of benzene rings is 2. The number of rotatable bonds is 7. The minimum atomic E-state index is -1.25. The van der Waals surface area contributed by atoms with E-state index in [-0.39, 0.29) is 17.1 Å². The predicted octanol–water partition coefficient (Wildman–Crippen LogP) is 5.60. The number of carboxylic acid groups (broad SMARTS) is 1. The van der Waals surface area contributed by atoms with Gasteiger partial charge in [0.05, 0.1) is 0 Å². The van der Waals surface area contributed by atoms with E-state index in [9.17, 15) is 19.5 Å². The SMILES string of the molecule is CC(C)(C)OC(=O)/C=C/c1ccc(C(=O)/C=C/c2ccc(-c3ccc(O)c(C(=O)O)c3)o2)cc1. The molecule has 3 rings (SSSR count). The molecule has 7 heteroatoms. The van der Waals surface area contributed by atoms with Gasteiger partial charge in [0.2, 0.25) is 0 Å². The normalized spacial score (nSPS) is 11.7. The minimum Gasteiger partial charge on any atom is -0.507 e. The van der Waals surface area contributed by atoms with Gasteiger partial charge in [0.1, 0.15) is 28.4 Å². The number of ketones is 1. The lowest BCUT2D eigenvalue weighted by Crippen LogP contribution is -2.22. The third-order valence-electron chi connectivity index (χ3n) is 4.55. The van der Waals surface area contributed by atoms with Crippen LogP contribution in [-0.2, 0) is 9.53 Å². The molecule has 0 bridgehead atoms. The van der Waals surface area contributed by atoms with Gasteiger partial charge in [-0.3, -0.25) is 4.79 Å². The zero-order valence-corrected chi connectivity index (χ0v) is 18.9. The van der Waals surface area contributed by atoms with Crippen molar-refractivity contribution in [2.24, 2.45) is 0 Å². The van der Waals surface area contributed by atoms with Crippen molar-refractivity contribution < 1.29 is 33.8 Å². The Bertz CT molecular complexity index is 1270. The second kappa shape index (κ2) is 10.0. The molecule has 0 aliphatic heterocycles. The number of hydrogen-bond donors (Lipinski definition) is 2. The molecule has 0 atom stereocenters. The molecule has 0 aliphatic rings. The van der Waals surface area contributed by atoms with E-state index >= 15 is 0 Å². The highest BCUT2D eigenvalue weighted by molar-refractivity contribution is 6.06. The molecular weight excluding hydrogens is 436 g/mol. The van der Waals surface area contributed by atoms with E-state index in [4.69, 9.17) is 14.3 Å². The van der Waals surface area contributed by atoms with Crippen molar-refractivity contribution in [2.45, 2.75) is 26.4 Å². The largest absolute Gasteiger partial charge is 0.507 e. The fourth-order valence-corrected chi connectivity index (χ4v) is 2.97. The van der Waals surface area contributed by atoms with Crippen LogP contribution < -0.4 is 0 Å². The quantitative estimate of drug-likeness (QED) is 0.268. The van der Waals surface area contributed by atoms with Crippen LogP contribution in [0.15, 0.2) is 71.2 Å². The average Bonchev–Trinajstić information content (AvgIpc) is 3.24. The molecule has 34 heavy (non-hydrogen) atoms. The van der Waals surface area contributed by atoms with E-state index in [0.717, 1.165) is 5.56 Å². The zero-order valence-electron chi connectivity index (χ0n) is 18.9. The molecule has 3 aromatic rings. The summed E-state index contributed by atoms with van der Waals surface area (Å²) in [5.41, 5.74) is 0.894. The molecule has 0 fully saturated rings. The van der Waals surface area contributed by atoms with Gasteiger partial charge in [-0.1, -0.05) is 24.3 Å². The van der Waals surface area contributed by atoms with Crippen molar-refractivity contribution in [2.75, 3.05) is 0 Å². The molecule has 0 spiro atoms. The number of phenols is 1. The summed E-state index contributed by atoms with van der Waals surface area (Å²) >= 11 is 0. The first-order valence-corrected chi connectivity index (χ1v) is 10.4. The van der Waals surface area contributed by atoms with Crippen LogP contribution in [0.5, 0.6) is 5.75 Å². The van der Waals surface area contributed by atoms with Gasteiger partial charge < -0.3 is 19.4 Å². The van der Waals surface area contributed by atoms with Crippen molar-refractivity contribution in [1.29, 1.82) is 0 Å². The molecule has 1 aromatic heterocycles. The molecular formula is C27H24O7. The van der Waals surface area contributed by atoms with Crippen LogP contribution in [0, 0.1) is 0 Å². The molecule has 2 aromatic carbocycles. The van der Waals surface area contributed by atoms with Crippen LogP contribution in [0.4, 0.5) is 0 Å². The van der Waals surface area contributed by atoms with E-state index in [0.29, 0.717) is 22.6 Å². The maximum absolute atomic E-state index is 12.5. The lowest BCUT2D eigenvalue weighted by atomic mass is 10.1. The van der Waals surface area contributed by atoms with Gasteiger partial charge >= 0.3 is 11.9 Å². The molecule has 0 amide bonds. The monoisotopic (exact) mass is 460 g/mol. The molecule has 2 N–H and O–H groups in total. The number of furan rings is 1. The van der Waals surface area contributed by atoms with Gasteiger partial charge in [0.15, 0.2) is 5.78 Å². The summed E-state index contributed by atoms with van der Waals surface area (Å²) in [6.45, 7) is 5.37. The number of carbonyl (C=O) groups excluding carboxylic acids is 2. The third kappa shape index (κ3) is 6.56. The lowest BCUT2D eigenvalue weighted by molar-refractivity contribution is -0.148. The third-order valence-corrected chi connectivity index (χ3v) is 4.55. The number of ether oxygens (including phenoxy) is 1. The van der Waals surface area contributed by atoms with Crippen LogP contribution in [0.1, 0.15) is 52.8 Å². The minimum absolute atomic E-state index is 0.231. The summed E-state index contributed by atoms with van der Waals surface area (Å²) in [5, 5.41) is 18.8. The summed E-state index contributed by atoms with van der Waals surface area (Å²) in [5.74, 6) is -1.46. The van der Waals surface area contributed by atoms with Gasteiger partial charge in [0, 0.05) is 17.2 Å². The summed E-state index contributed by atoms with van der Waals surface area (Å²) in [6.07, 6.45) is 5.83. The van der Waals surface area contributed by atoms with Gasteiger partial charge in [-0.25, -0.2) is 9.59 Å². The number of allylic oxidation sites excluding steroid dienone is 1. The first-order valence-electron chi connectivity index (χ1n) is 10.4. The van der Waals surface area contributed by atoms with Crippen LogP contribution in [0.3, 0.4) is 0 Å². The van der Waals surface area contributed by atoms with Gasteiger partial charge in [-0.2, -0.15) is 0 Å². The second-order valence-electron chi connectivity index (χ2n) is 8.43. The Morgan fingerprint density at radius 3 is 2.26 bits per heavy atom. The number of aromatic carboxylic acids is 1. The van der Waals surface area contributed by atoms with Crippen molar-refractivity contribution in [3.05, 3.63) is 89.2 Å². The van der Waals surface area contributed by atoms with Crippen LogP contribution >= 0.6 is 0 Å². The molecule has 0 radical (unpaired) electrons. The molecule has 0 saturated heterocycles. The van der Waals surface area contributed by atoms with E-state index in [1.807, 2.05) is 0 Å². The fraction of sp³-hybridized carbons (Fsp3) is 0.148. The molecule has 0 unspecified atom stereocenters. The van der Waals surface area contributed by atoms with E-state index < -0.39 is 17.5 Å². The number of aromatic hydroxyl groups is 1. The Morgan fingerprint density at radius 1 is 0.912 bits per heavy atom. The summed E-state index contributed by atoms with van der Waals surface area (Å²) in [7, 11) is 0.